The van der Waals surface area contributed by atoms with Gasteiger partial charge in [-0.1, -0.05) is 31.4 Å². The van der Waals surface area contributed by atoms with Gasteiger partial charge in [0.2, 0.25) is 0 Å². The summed E-state index contributed by atoms with van der Waals surface area (Å²) in [6.07, 6.45) is 0.517. The fourth-order valence-electron chi connectivity index (χ4n) is 1.83. The van der Waals surface area contributed by atoms with E-state index in [9.17, 15) is 19.2 Å². The average molecular weight is 449 g/mol. The topological polar surface area (TPSA) is 127 Å². The SMILES string of the molecule is C=C(C)C(=O)OCCON(C=O)N=[N+](c1ccccc1)N(C=O)OCCOC(=O)C(=C)C. The summed E-state index contributed by atoms with van der Waals surface area (Å²) in [5.41, 5.74) is 0.762. The highest BCUT2D eigenvalue weighted by Gasteiger charge is 2.22. The van der Waals surface area contributed by atoms with E-state index in [0.717, 1.165) is 4.81 Å². The molecule has 12 heteroatoms. The van der Waals surface area contributed by atoms with Crippen molar-refractivity contribution in [2.45, 2.75) is 13.8 Å². The van der Waals surface area contributed by atoms with Crippen molar-refractivity contribution in [1.29, 1.82) is 0 Å². The molecule has 0 heterocycles. The molecule has 0 aliphatic heterocycles. The van der Waals surface area contributed by atoms with E-state index in [1.165, 1.54) is 13.8 Å². The molecule has 0 fully saturated rings. The maximum Gasteiger partial charge on any atom is 0.352 e. The standard InChI is InChI=1S/C20H25N4O8/c1-16(2)19(27)29-10-12-31-22(14-25)21-24(18-8-6-5-7-9-18)23(15-26)32-13-11-30-20(28)17(3)4/h5-9,14-15H,1,3,10-13H2,2,4H3/q+1. The molecule has 0 aliphatic carbocycles. The Morgan fingerprint density at radius 3 is 1.91 bits per heavy atom. The lowest BCUT2D eigenvalue weighted by Crippen LogP contribution is -2.34. The van der Waals surface area contributed by atoms with Crippen LogP contribution in [0.15, 0.2) is 59.9 Å². The van der Waals surface area contributed by atoms with Crippen LogP contribution in [0.1, 0.15) is 13.8 Å². The van der Waals surface area contributed by atoms with E-state index in [1.807, 2.05) is 0 Å². The van der Waals surface area contributed by atoms with Gasteiger partial charge in [0.15, 0.2) is 10.9 Å². The second-order valence-corrected chi connectivity index (χ2v) is 6.03. The fraction of sp³-hybridized carbons (Fsp3) is 0.300. The van der Waals surface area contributed by atoms with Gasteiger partial charge in [0, 0.05) is 16.0 Å². The Kier molecular flexibility index (Phi) is 11.6. The summed E-state index contributed by atoms with van der Waals surface area (Å²) in [5.74, 6) is -1.22. The van der Waals surface area contributed by atoms with Gasteiger partial charge in [0.1, 0.15) is 26.4 Å². The second-order valence-electron chi connectivity index (χ2n) is 6.03. The van der Waals surface area contributed by atoms with Crippen molar-refractivity contribution in [3.05, 3.63) is 54.6 Å². The zero-order chi connectivity index (χ0) is 23.9. The minimum absolute atomic E-state index is 0.166. The number of ether oxygens (including phenoxy) is 2. The molecule has 0 aromatic heterocycles. The Labute approximate surface area is 184 Å². The van der Waals surface area contributed by atoms with Crippen molar-refractivity contribution in [2.75, 3.05) is 26.4 Å². The van der Waals surface area contributed by atoms with E-state index in [-0.39, 0.29) is 50.4 Å². The molecular formula is C20H25N4O8+. The number of hydrogen-bond acceptors (Lipinski definition) is 9. The summed E-state index contributed by atoms with van der Waals surface area (Å²) in [4.78, 5) is 57.1. The summed E-state index contributed by atoms with van der Waals surface area (Å²) in [6.45, 7) is 9.14. The van der Waals surface area contributed by atoms with Crippen LogP contribution in [0.3, 0.4) is 0 Å². The van der Waals surface area contributed by atoms with Gasteiger partial charge in [-0.2, -0.15) is 4.84 Å². The first kappa shape index (κ1) is 26.1. The molecule has 2 amide bonds. The quantitative estimate of drug-likeness (QED) is 0.0752. The lowest BCUT2D eigenvalue weighted by atomic mass is 10.3. The van der Waals surface area contributed by atoms with E-state index >= 15 is 0 Å². The van der Waals surface area contributed by atoms with Crippen molar-refractivity contribution < 1.29 is 43.1 Å². The number of esters is 2. The van der Waals surface area contributed by atoms with Crippen molar-refractivity contribution >= 4 is 30.4 Å². The molecule has 1 aromatic rings. The van der Waals surface area contributed by atoms with Crippen molar-refractivity contribution in [3.63, 3.8) is 0 Å². The first-order valence-corrected chi connectivity index (χ1v) is 9.27. The Hall–Kier alpha value is -3.90. The molecular weight excluding hydrogens is 424 g/mol. The molecule has 0 atom stereocenters. The molecule has 12 nitrogen and oxygen atoms in total. The van der Waals surface area contributed by atoms with E-state index in [0.29, 0.717) is 16.0 Å². The Balaban J connectivity index is 2.87. The molecule has 32 heavy (non-hydrogen) atoms. The zero-order valence-electron chi connectivity index (χ0n) is 17.8. The molecule has 1 rings (SSSR count). The second kappa shape index (κ2) is 14.2. The van der Waals surface area contributed by atoms with Gasteiger partial charge < -0.3 is 9.47 Å². The summed E-state index contributed by atoms with van der Waals surface area (Å²) >= 11 is 0. The number of hydroxylamine groups is 2. The van der Waals surface area contributed by atoms with Crippen molar-refractivity contribution in [3.8, 4) is 0 Å². The van der Waals surface area contributed by atoms with Gasteiger partial charge in [-0.25, -0.2) is 19.2 Å². The number of para-hydroxylation sites is 1. The molecule has 0 saturated carbocycles. The van der Waals surface area contributed by atoms with Gasteiger partial charge in [0.05, 0.1) is 5.17 Å². The maximum absolute atomic E-state index is 11.6. The van der Waals surface area contributed by atoms with Gasteiger partial charge in [-0.05, 0) is 31.2 Å². The number of carbonyl (C=O) groups excluding carboxylic acids is 4. The first-order valence-electron chi connectivity index (χ1n) is 9.27. The van der Waals surface area contributed by atoms with Crippen molar-refractivity contribution in [1.82, 2.24) is 10.3 Å². The Morgan fingerprint density at radius 2 is 1.44 bits per heavy atom. The van der Waals surface area contributed by atoms with Gasteiger partial charge in [0.25, 0.3) is 6.41 Å². The van der Waals surface area contributed by atoms with Gasteiger partial charge in [-0.15, -0.1) is 0 Å². The largest absolute Gasteiger partial charge is 0.460 e. The number of amides is 2. The van der Waals surface area contributed by atoms with E-state index in [2.05, 4.69) is 18.4 Å². The third kappa shape index (κ3) is 9.28. The van der Waals surface area contributed by atoms with Gasteiger partial charge >= 0.3 is 18.3 Å². The van der Waals surface area contributed by atoms with Gasteiger partial charge in [-0.3, -0.25) is 4.79 Å². The van der Waals surface area contributed by atoms with Crippen LogP contribution in [0.25, 0.3) is 0 Å². The predicted octanol–water partition coefficient (Wildman–Crippen LogP) is 1.63. The highest BCUT2D eigenvalue weighted by Crippen LogP contribution is 2.14. The van der Waals surface area contributed by atoms with Crippen LogP contribution in [0.2, 0.25) is 0 Å². The van der Waals surface area contributed by atoms with E-state index in [1.54, 1.807) is 30.3 Å². The minimum atomic E-state index is -0.609. The summed E-state index contributed by atoms with van der Waals surface area (Å²) in [7, 11) is 0. The van der Waals surface area contributed by atoms with Crippen LogP contribution in [0, 0.1) is 0 Å². The third-order valence-electron chi connectivity index (χ3n) is 3.30. The number of hydrazine groups is 1. The Morgan fingerprint density at radius 1 is 0.906 bits per heavy atom. The molecule has 172 valence electrons. The van der Waals surface area contributed by atoms with Crippen LogP contribution in [0.4, 0.5) is 5.69 Å². The van der Waals surface area contributed by atoms with Crippen LogP contribution in [0.5, 0.6) is 0 Å². The molecule has 0 bridgehead atoms. The number of rotatable bonds is 15. The number of hydrogen-bond donors (Lipinski definition) is 0. The monoisotopic (exact) mass is 449 g/mol. The zero-order valence-corrected chi connectivity index (χ0v) is 17.8. The molecule has 0 saturated heterocycles. The van der Waals surface area contributed by atoms with Crippen LogP contribution < -0.4 is 0 Å². The fourth-order valence-corrected chi connectivity index (χ4v) is 1.83. The molecule has 0 spiro atoms. The van der Waals surface area contributed by atoms with E-state index < -0.39 is 11.9 Å². The highest BCUT2D eigenvalue weighted by atomic mass is 16.7. The molecule has 0 aliphatic rings. The summed E-state index contributed by atoms with van der Waals surface area (Å²) in [6, 6.07) is 8.23. The normalized spacial score (nSPS) is 10.6. The Bertz CT molecular complexity index is 856. The van der Waals surface area contributed by atoms with Crippen LogP contribution >= 0.6 is 0 Å². The molecule has 0 radical (unpaired) electrons. The summed E-state index contributed by atoms with van der Waals surface area (Å²) in [5, 5.41) is 5.08. The maximum atomic E-state index is 11.6. The third-order valence-corrected chi connectivity index (χ3v) is 3.30. The smallest absolute Gasteiger partial charge is 0.352 e. The first-order chi connectivity index (χ1) is 15.3. The van der Waals surface area contributed by atoms with Crippen molar-refractivity contribution in [2.24, 2.45) is 5.22 Å². The lowest BCUT2D eigenvalue weighted by molar-refractivity contribution is -0.738. The number of nitrogens with zero attached hydrogens (tertiary/aromatic N) is 4. The average Bonchev–Trinajstić information content (AvgIpc) is 2.79. The molecule has 1 aromatic carbocycles. The minimum Gasteiger partial charge on any atom is -0.460 e. The lowest BCUT2D eigenvalue weighted by Gasteiger charge is -2.15. The van der Waals surface area contributed by atoms with Crippen LogP contribution in [-0.4, -0.2) is 66.3 Å². The number of benzene rings is 1. The molecule has 0 unspecified atom stereocenters. The van der Waals surface area contributed by atoms with E-state index in [4.69, 9.17) is 19.1 Å². The summed E-state index contributed by atoms with van der Waals surface area (Å²) < 4.78 is 9.75. The molecule has 0 N–H and O–H groups in total. The highest BCUT2D eigenvalue weighted by molar-refractivity contribution is 5.87. The predicted molar refractivity (Wildman–Crippen MR) is 108 cm³/mol. The van der Waals surface area contributed by atoms with Crippen LogP contribution in [-0.2, 0) is 38.3 Å². The number of carbonyl (C=O) groups is 4.